The summed E-state index contributed by atoms with van der Waals surface area (Å²) in [6.45, 7) is 6.71. The highest BCUT2D eigenvalue weighted by atomic mass is 32.2. The zero-order valence-corrected chi connectivity index (χ0v) is 23.2. The van der Waals surface area contributed by atoms with Crippen LogP contribution in [0.5, 0.6) is 5.75 Å². The molecule has 0 aromatic heterocycles. The summed E-state index contributed by atoms with van der Waals surface area (Å²) < 4.78 is 49.3. The van der Waals surface area contributed by atoms with E-state index in [1.165, 1.54) is 0 Å². The van der Waals surface area contributed by atoms with E-state index in [0.29, 0.717) is 57.2 Å². The predicted molar refractivity (Wildman–Crippen MR) is 144 cm³/mol. The Bertz CT molecular complexity index is 1060. The second-order valence-corrected chi connectivity index (χ2v) is 11.6. The number of sulfone groups is 1. The van der Waals surface area contributed by atoms with Crippen LogP contribution in [-0.4, -0.2) is 72.1 Å². The minimum Gasteiger partial charge on any atom is -0.491 e. The Labute approximate surface area is 222 Å². The lowest BCUT2D eigenvalue weighted by Crippen LogP contribution is -2.42. The molecule has 2 aromatic carbocycles. The molecule has 8 heteroatoms. The van der Waals surface area contributed by atoms with Gasteiger partial charge in [0.2, 0.25) is 0 Å². The van der Waals surface area contributed by atoms with Gasteiger partial charge in [0.25, 0.3) is 0 Å². The van der Waals surface area contributed by atoms with Crippen molar-refractivity contribution >= 4 is 9.84 Å². The van der Waals surface area contributed by atoms with Crippen molar-refractivity contribution < 1.29 is 32.5 Å². The number of aliphatic hydroxyl groups is 1. The van der Waals surface area contributed by atoms with Crippen LogP contribution >= 0.6 is 0 Å². The Balaban J connectivity index is 1.83. The van der Waals surface area contributed by atoms with Crippen LogP contribution in [0, 0.1) is 5.41 Å². The molecule has 0 bridgehead atoms. The third-order valence-electron chi connectivity index (χ3n) is 7.27. The number of hydrogen-bond acceptors (Lipinski definition) is 7. The molecular weight excluding hydrogens is 492 g/mol. The van der Waals surface area contributed by atoms with Gasteiger partial charge in [-0.2, -0.15) is 0 Å². The van der Waals surface area contributed by atoms with Crippen LogP contribution in [-0.2, 0) is 24.0 Å². The molecule has 37 heavy (non-hydrogen) atoms. The van der Waals surface area contributed by atoms with Gasteiger partial charge in [0.05, 0.1) is 49.8 Å². The van der Waals surface area contributed by atoms with Gasteiger partial charge in [-0.05, 0) is 36.1 Å². The SMILES string of the molecule is CCCC[C@]1(CC)CS(=O)(=O)c2cc(OCCOCCOCCOC)ccc2C(c2ccccc2)C1O. The molecule has 1 heterocycles. The number of unbranched alkanes of at least 4 members (excludes halogenated alkanes) is 1. The Morgan fingerprint density at radius 1 is 0.946 bits per heavy atom. The molecule has 3 rings (SSSR count). The molecule has 3 atom stereocenters. The third kappa shape index (κ3) is 7.54. The van der Waals surface area contributed by atoms with Crippen LogP contribution in [0.15, 0.2) is 53.4 Å². The maximum Gasteiger partial charge on any atom is 0.179 e. The minimum absolute atomic E-state index is 0.0797. The van der Waals surface area contributed by atoms with Crippen LogP contribution in [0.4, 0.5) is 0 Å². The highest BCUT2D eigenvalue weighted by Gasteiger charge is 2.48. The molecule has 0 saturated heterocycles. The van der Waals surface area contributed by atoms with Gasteiger partial charge in [-0.25, -0.2) is 8.42 Å². The van der Waals surface area contributed by atoms with Gasteiger partial charge in [-0.3, -0.25) is 0 Å². The standard InChI is InChI=1S/C29H42O7S/c1-4-6-14-29(5-2)22-37(31,32)26-21-24(36-20-19-35-18-17-34-16-15-33-3)12-13-25(26)27(28(29)30)23-10-8-7-9-11-23/h7-13,21,27-28,30H,4-6,14-20,22H2,1-3H3/t27?,28?,29-/m1/s1. The average Bonchev–Trinajstić information content (AvgIpc) is 2.97. The summed E-state index contributed by atoms with van der Waals surface area (Å²) in [4.78, 5) is 0.247. The fraction of sp³-hybridized carbons (Fsp3) is 0.586. The smallest absolute Gasteiger partial charge is 0.179 e. The van der Waals surface area contributed by atoms with Crippen LogP contribution in [0.3, 0.4) is 0 Å². The van der Waals surface area contributed by atoms with Crippen molar-refractivity contribution in [2.45, 2.75) is 56.4 Å². The van der Waals surface area contributed by atoms with Crippen molar-refractivity contribution in [3.05, 3.63) is 59.7 Å². The quantitative estimate of drug-likeness (QED) is 0.334. The summed E-state index contributed by atoms with van der Waals surface area (Å²) in [5, 5.41) is 11.9. The summed E-state index contributed by atoms with van der Waals surface area (Å²) in [5.41, 5.74) is 0.814. The summed E-state index contributed by atoms with van der Waals surface area (Å²) >= 11 is 0. The molecule has 1 aliphatic rings. The molecule has 7 nitrogen and oxygen atoms in total. The molecule has 0 saturated carbocycles. The molecule has 0 aliphatic carbocycles. The van der Waals surface area contributed by atoms with Gasteiger partial charge in [0, 0.05) is 18.4 Å². The first-order chi connectivity index (χ1) is 17.9. The molecule has 2 aromatic rings. The number of aliphatic hydroxyl groups excluding tert-OH is 1. The Morgan fingerprint density at radius 3 is 2.27 bits per heavy atom. The van der Waals surface area contributed by atoms with Crippen molar-refractivity contribution in [3.63, 3.8) is 0 Å². The molecule has 0 radical (unpaired) electrons. The number of rotatable bonds is 15. The lowest BCUT2D eigenvalue weighted by Gasteiger charge is -2.39. The predicted octanol–water partition coefficient (Wildman–Crippen LogP) is 4.61. The molecule has 2 unspecified atom stereocenters. The number of hydrogen-bond donors (Lipinski definition) is 1. The lowest BCUT2D eigenvalue weighted by atomic mass is 9.69. The van der Waals surface area contributed by atoms with Crippen molar-refractivity contribution in [1.29, 1.82) is 0 Å². The number of benzene rings is 2. The fourth-order valence-electron chi connectivity index (χ4n) is 5.14. The van der Waals surface area contributed by atoms with E-state index >= 15 is 0 Å². The van der Waals surface area contributed by atoms with Crippen molar-refractivity contribution in [2.75, 3.05) is 52.5 Å². The molecule has 0 amide bonds. The molecule has 1 aliphatic heterocycles. The monoisotopic (exact) mass is 534 g/mol. The second-order valence-electron chi connectivity index (χ2n) is 9.68. The number of fused-ring (bicyclic) bond motifs is 1. The van der Waals surface area contributed by atoms with Gasteiger partial charge in [0.15, 0.2) is 9.84 Å². The largest absolute Gasteiger partial charge is 0.491 e. The fourth-order valence-corrected chi connectivity index (χ4v) is 7.42. The zero-order valence-electron chi connectivity index (χ0n) is 22.4. The first-order valence-corrected chi connectivity index (χ1v) is 14.9. The van der Waals surface area contributed by atoms with Crippen molar-refractivity contribution in [1.82, 2.24) is 0 Å². The Morgan fingerprint density at radius 2 is 1.62 bits per heavy atom. The van der Waals surface area contributed by atoms with E-state index in [-0.39, 0.29) is 17.3 Å². The van der Waals surface area contributed by atoms with Gasteiger partial charge >= 0.3 is 0 Å². The van der Waals surface area contributed by atoms with Gasteiger partial charge in [-0.15, -0.1) is 0 Å². The maximum atomic E-state index is 13.8. The van der Waals surface area contributed by atoms with Crippen molar-refractivity contribution in [2.24, 2.45) is 5.41 Å². The summed E-state index contributed by atoms with van der Waals surface area (Å²) in [7, 11) is -2.05. The van der Waals surface area contributed by atoms with Crippen molar-refractivity contribution in [3.8, 4) is 5.75 Å². The van der Waals surface area contributed by atoms with Gasteiger partial charge in [0.1, 0.15) is 12.4 Å². The lowest BCUT2D eigenvalue weighted by molar-refractivity contribution is 0.0172. The van der Waals surface area contributed by atoms with E-state index in [2.05, 4.69) is 6.92 Å². The molecule has 1 N–H and O–H groups in total. The maximum absolute atomic E-state index is 13.8. The van der Waals surface area contributed by atoms with Crippen LogP contribution in [0.2, 0.25) is 0 Å². The normalized spacial score (nSPS) is 22.8. The molecule has 0 spiro atoms. The highest BCUT2D eigenvalue weighted by Crippen LogP contribution is 2.49. The molecule has 0 fully saturated rings. The first-order valence-electron chi connectivity index (χ1n) is 13.3. The van der Waals surface area contributed by atoms with E-state index < -0.39 is 27.3 Å². The van der Waals surface area contributed by atoms with E-state index in [1.54, 1.807) is 25.3 Å². The summed E-state index contributed by atoms with van der Waals surface area (Å²) in [5.74, 6) is -0.0502. The van der Waals surface area contributed by atoms with E-state index in [9.17, 15) is 13.5 Å². The van der Waals surface area contributed by atoms with E-state index in [1.807, 2.05) is 37.3 Å². The number of ether oxygens (including phenoxy) is 4. The van der Waals surface area contributed by atoms with E-state index in [0.717, 1.165) is 18.4 Å². The first kappa shape index (κ1) is 29.6. The Hall–Kier alpha value is -1.97. The van der Waals surface area contributed by atoms with Crippen LogP contribution in [0.25, 0.3) is 0 Å². The second kappa shape index (κ2) is 14.3. The van der Waals surface area contributed by atoms with Gasteiger partial charge in [-0.1, -0.05) is 63.1 Å². The van der Waals surface area contributed by atoms with Crippen LogP contribution < -0.4 is 4.74 Å². The Kier molecular flexibility index (Phi) is 11.4. The summed E-state index contributed by atoms with van der Waals surface area (Å²) in [6.07, 6.45) is 2.23. The minimum atomic E-state index is -3.67. The molecule has 206 valence electrons. The summed E-state index contributed by atoms with van der Waals surface area (Å²) in [6, 6.07) is 14.9. The topological polar surface area (TPSA) is 91.3 Å². The van der Waals surface area contributed by atoms with Crippen LogP contribution in [0.1, 0.15) is 56.6 Å². The number of methoxy groups -OCH3 is 1. The molecular formula is C29H42O7S. The highest BCUT2D eigenvalue weighted by molar-refractivity contribution is 7.91. The van der Waals surface area contributed by atoms with E-state index in [4.69, 9.17) is 18.9 Å². The zero-order chi connectivity index (χ0) is 26.7. The average molecular weight is 535 g/mol. The third-order valence-corrected chi connectivity index (χ3v) is 9.25. The van der Waals surface area contributed by atoms with Gasteiger partial charge < -0.3 is 24.1 Å².